The van der Waals surface area contributed by atoms with Gasteiger partial charge in [0.25, 0.3) is 0 Å². The number of methoxy groups -OCH3 is 1. The van der Waals surface area contributed by atoms with E-state index in [9.17, 15) is 13.2 Å². The third kappa shape index (κ3) is 4.14. The fourth-order valence-electron chi connectivity index (χ4n) is 3.06. The SMILES string of the molecule is COc1c(F)cccc1CN1CCOc2cc([S+](=O)([O-])N(C)C)ccc2C1. The molecule has 0 saturated heterocycles. The third-order valence-electron chi connectivity index (χ3n) is 4.52. The molecule has 1 aliphatic rings. The molecule has 8 heteroatoms. The third-order valence-corrected chi connectivity index (χ3v) is 6.33. The van der Waals surface area contributed by atoms with E-state index in [0.29, 0.717) is 32.0 Å². The first-order valence-corrected chi connectivity index (χ1v) is 9.99. The van der Waals surface area contributed by atoms with Crippen molar-refractivity contribution >= 4 is 10.4 Å². The molecule has 3 rings (SSSR count). The van der Waals surface area contributed by atoms with Gasteiger partial charge in [0, 0.05) is 50.9 Å². The monoisotopic (exact) mass is 394 g/mol. The largest absolute Gasteiger partial charge is 0.593 e. The van der Waals surface area contributed by atoms with Crippen LogP contribution in [0.2, 0.25) is 0 Å². The normalized spacial score (nSPS) is 17.0. The minimum absolute atomic E-state index is 0.200. The molecule has 0 aliphatic carbocycles. The summed E-state index contributed by atoms with van der Waals surface area (Å²) in [4.78, 5) is 2.31. The predicted molar refractivity (Wildman–Crippen MR) is 99.8 cm³/mol. The molecule has 1 aliphatic heterocycles. The second-order valence-corrected chi connectivity index (χ2v) is 8.70. The Morgan fingerprint density at radius 1 is 1.33 bits per heavy atom. The molecule has 0 amide bonds. The van der Waals surface area contributed by atoms with Crippen LogP contribution in [0.5, 0.6) is 11.5 Å². The van der Waals surface area contributed by atoms with Gasteiger partial charge in [0.05, 0.1) is 7.11 Å². The van der Waals surface area contributed by atoms with Crippen LogP contribution in [-0.4, -0.2) is 48.1 Å². The zero-order valence-electron chi connectivity index (χ0n) is 15.6. The fourth-order valence-corrected chi connectivity index (χ4v) is 3.98. The second-order valence-electron chi connectivity index (χ2n) is 6.55. The molecule has 1 heterocycles. The Morgan fingerprint density at radius 2 is 2.11 bits per heavy atom. The van der Waals surface area contributed by atoms with Crippen molar-refractivity contribution in [1.29, 1.82) is 0 Å². The number of rotatable bonds is 5. The van der Waals surface area contributed by atoms with Gasteiger partial charge in [-0.2, -0.15) is 0 Å². The van der Waals surface area contributed by atoms with Crippen LogP contribution in [0.4, 0.5) is 4.39 Å². The Morgan fingerprint density at radius 3 is 2.81 bits per heavy atom. The van der Waals surface area contributed by atoms with Crippen molar-refractivity contribution in [3.8, 4) is 11.5 Å². The van der Waals surface area contributed by atoms with E-state index in [1.807, 2.05) is 6.07 Å². The summed E-state index contributed by atoms with van der Waals surface area (Å²) in [6.07, 6.45) is 0. The number of benzene rings is 2. The lowest BCUT2D eigenvalue weighted by molar-refractivity contribution is 0.216. The first kappa shape index (κ1) is 19.8. The number of hydrogen-bond acceptors (Lipinski definition) is 5. The molecule has 1 atom stereocenters. The standard InChI is InChI=1S/C19H23FN2O4S/c1-21(2)27(23,24)16-8-7-14-12-22(9-10-26-18(14)11-16)13-15-5-4-6-17(20)19(15)25-3/h4-8,11H,9-10,12-13H2,1-3H3. The maximum Gasteiger partial charge on any atom is 0.179 e. The number of halogens is 1. The highest BCUT2D eigenvalue weighted by Gasteiger charge is 2.26. The lowest BCUT2D eigenvalue weighted by Gasteiger charge is -2.22. The molecule has 0 spiro atoms. The van der Waals surface area contributed by atoms with Gasteiger partial charge in [0.1, 0.15) is 12.4 Å². The summed E-state index contributed by atoms with van der Waals surface area (Å²) in [7, 11) is 0.929. The average Bonchev–Trinajstić information content (AvgIpc) is 2.82. The Labute approximate surface area is 159 Å². The van der Waals surface area contributed by atoms with Crippen molar-refractivity contribution in [2.45, 2.75) is 18.0 Å². The summed E-state index contributed by atoms with van der Waals surface area (Å²) in [6, 6.07) is 9.79. The molecule has 0 radical (unpaired) electrons. The van der Waals surface area contributed by atoms with E-state index in [1.165, 1.54) is 31.6 Å². The minimum Gasteiger partial charge on any atom is -0.593 e. The van der Waals surface area contributed by atoms with Crippen molar-refractivity contribution in [3.63, 3.8) is 0 Å². The molecule has 0 saturated carbocycles. The molecule has 2 aromatic carbocycles. The number of sulfonamides is 1. The average molecular weight is 394 g/mol. The smallest absolute Gasteiger partial charge is 0.179 e. The zero-order chi connectivity index (χ0) is 19.6. The maximum absolute atomic E-state index is 13.9. The molecule has 0 fully saturated rings. The molecule has 0 bridgehead atoms. The van der Waals surface area contributed by atoms with Gasteiger partial charge in [0.15, 0.2) is 26.9 Å². The maximum atomic E-state index is 13.9. The van der Waals surface area contributed by atoms with E-state index < -0.39 is 10.4 Å². The van der Waals surface area contributed by atoms with Crippen LogP contribution in [-0.2, 0) is 27.7 Å². The molecule has 27 heavy (non-hydrogen) atoms. The lowest BCUT2D eigenvalue weighted by atomic mass is 10.1. The topological polar surface area (TPSA) is 65.1 Å². The molecule has 1 unspecified atom stereocenters. The number of fused-ring (bicyclic) bond motifs is 1. The van der Waals surface area contributed by atoms with Gasteiger partial charge in [-0.1, -0.05) is 16.3 Å². The first-order valence-electron chi connectivity index (χ1n) is 8.55. The minimum atomic E-state index is -3.52. The van der Waals surface area contributed by atoms with Crippen LogP contribution in [0.25, 0.3) is 0 Å². The van der Waals surface area contributed by atoms with E-state index in [0.717, 1.165) is 11.1 Å². The Balaban J connectivity index is 1.83. The molecule has 2 aromatic rings. The quantitative estimate of drug-likeness (QED) is 0.730. The van der Waals surface area contributed by atoms with Crippen LogP contribution >= 0.6 is 0 Å². The Hall–Kier alpha value is -2.00. The van der Waals surface area contributed by atoms with E-state index in [4.69, 9.17) is 9.47 Å². The first-order chi connectivity index (χ1) is 12.8. The van der Waals surface area contributed by atoms with Gasteiger partial charge in [0.2, 0.25) is 0 Å². The van der Waals surface area contributed by atoms with Gasteiger partial charge < -0.3 is 14.0 Å². The molecule has 0 aromatic heterocycles. The van der Waals surface area contributed by atoms with Gasteiger partial charge in [-0.25, -0.2) is 4.39 Å². The van der Waals surface area contributed by atoms with E-state index in [2.05, 4.69) is 4.90 Å². The Kier molecular flexibility index (Phi) is 5.81. The van der Waals surface area contributed by atoms with Gasteiger partial charge in [-0.3, -0.25) is 4.90 Å². The van der Waals surface area contributed by atoms with Crippen LogP contribution in [0.15, 0.2) is 41.3 Å². The molecule has 6 nitrogen and oxygen atoms in total. The van der Waals surface area contributed by atoms with Crippen molar-refractivity contribution in [2.24, 2.45) is 0 Å². The number of nitrogens with zero attached hydrogens (tertiary/aromatic N) is 2. The lowest BCUT2D eigenvalue weighted by Crippen LogP contribution is -2.29. The zero-order valence-corrected chi connectivity index (χ0v) is 16.4. The van der Waals surface area contributed by atoms with Crippen molar-refractivity contribution in [1.82, 2.24) is 9.21 Å². The highest BCUT2D eigenvalue weighted by atomic mass is 32.3. The highest BCUT2D eigenvalue weighted by molar-refractivity contribution is 7.95. The van der Waals surface area contributed by atoms with Crippen LogP contribution in [0, 0.1) is 5.82 Å². The van der Waals surface area contributed by atoms with E-state index >= 15 is 0 Å². The summed E-state index contributed by atoms with van der Waals surface area (Å²) in [6.45, 7) is 2.11. The number of para-hydroxylation sites is 1. The molecule has 0 N–H and O–H groups in total. The molecule has 146 valence electrons. The van der Waals surface area contributed by atoms with Crippen molar-refractivity contribution < 1.29 is 22.6 Å². The molecular weight excluding hydrogens is 371 g/mol. The Bertz CT molecular complexity index is 875. The summed E-state index contributed by atoms with van der Waals surface area (Å²) in [5.74, 6) is 0.418. The van der Waals surface area contributed by atoms with Gasteiger partial charge in [-0.15, -0.1) is 4.31 Å². The van der Waals surface area contributed by atoms with Crippen LogP contribution in [0.3, 0.4) is 0 Å². The van der Waals surface area contributed by atoms with E-state index in [-0.39, 0.29) is 16.5 Å². The number of ether oxygens (including phenoxy) is 2. The van der Waals surface area contributed by atoms with Crippen LogP contribution < -0.4 is 9.47 Å². The second kappa shape index (κ2) is 7.93. The fraction of sp³-hybridized carbons (Fsp3) is 0.368. The summed E-state index contributed by atoms with van der Waals surface area (Å²) >= 11 is 0. The van der Waals surface area contributed by atoms with Gasteiger partial charge >= 0.3 is 0 Å². The predicted octanol–water partition coefficient (Wildman–Crippen LogP) is 2.69. The summed E-state index contributed by atoms with van der Waals surface area (Å²) < 4.78 is 50.7. The molecular formula is C19H23FN2O4S. The van der Waals surface area contributed by atoms with Crippen molar-refractivity contribution in [3.05, 3.63) is 53.3 Å². The summed E-state index contributed by atoms with van der Waals surface area (Å²) in [5.41, 5.74) is 1.65. The van der Waals surface area contributed by atoms with Gasteiger partial charge in [-0.05, 0) is 18.2 Å². The highest BCUT2D eigenvalue weighted by Crippen LogP contribution is 2.31. The van der Waals surface area contributed by atoms with Crippen LogP contribution in [0.1, 0.15) is 11.1 Å². The number of hydrogen-bond donors (Lipinski definition) is 0. The van der Waals surface area contributed by atoms with Crippen molar-refractivity contribution in [2.75, 3.05) is 34.4 Å². The van der Waals surface area contributed by atoms with E-state index in [1.54, 1.807) is 24.3 Å². The summed E-state index contributed by atoms with van der Waals surface area (Å²) in [5, 5.41) is 0.